The van der Waals surface area contributed by atoms with E-state index in [1.807, 2.05) is 48.7 Å². The molecule has 1 N–H and O–H groups in total. The van der Waals surface area contributed by atoms with Crippen LogP contribution >= 0.6 is 11.8 Å². The fourth-order valence-electron chi connectivity index (χ4n) is 3.80. The van der Waals surface area contributed by atoms with Gasteiger partial charge in [-0.25, -0.2) is 9.98 Å². The zero-order chi connectivity index (χ0) is 21.8. The third-order valence-electron chi connectivity index (χ3n) is 5.47. The van der Waals surface area contributed by atoms with Crippen LogP contribution in [0, 0.1) is 0 Å². The summed E-state index contributed by atoms with van der Waals surface area (Å²) in [5.41, 5.74) is 3.89. The van der Waals surface area contributed by atoms with Crippen molar-refractivity contribution in [3.63, 3.8) is 0 Å². The Morgan fingerprint density at radius 3 is 2.45 bits per heavy atom. The van der Waals surface area contributed by atoms with Crippen LogP contribution in [0.3, 0.4) is 0 Å². The van der Waals surface area contributed by atoms with Gasteiger partial charge in [0.15, 0.2) is 5.17 Å². The molecule has 6 nitrogen and oxygen atoms in total. The zero-order valence-electron chi connectivity index (χ0n) is 17.9. The van der Waals surface area contributed by atoms with E-state index in [1.165, 1.54) is 11.8 Å². The molecule has 4 rings (SSSR count). The van der Waals surface area contributed by atoms with E-state index in [-0.39, 0.29) is 17.2 Å². The average molecular weight is 435 g/mol. The van der Waals surface area contributed by atoms with E-state index in [1.54, 1.807) is 7.11 Å². The standard InChI is InChI=1S/C24H26N4O2S/c1-4-28(5-2)18-13-11-17(12-14-18)22(29)27-24-26-20-21(31-24)19(15-25-23(20)30-3)16-9-7-6-8-10-16/h6-15,20-21H,4-5H2,1-3H3,(H,26,27,29). The summed E-state index contributed by atoms with van der Waals surface area (Å²) in [6.45, 7) is 6.10. The first-order valence-corrected chi connectivity index (χ1v) is 11.3. The molecule has 2 atom stereocenters. The minimum absolute atomic E-state index is 0.00944. The van der Waals surface area contributed by atoms with E-state index in [9.17, 15) is 4.79 Å². The van der Waals surface area contributed by atoms with E-state index in [2.05, 4.69) is 41.2 Å². The Bertz CT molecular complexity index is 1030. The Hall–Kier alpha value is -3.06. The normalized spacial score (nSPS) is 19.6. The van der Waals surface area contributed by atoms with Crippen LogP contribution in [0.15, 0.2) is 70.8 Å². The Labute approximate surface area is 187 Å². The zero-order valence-corrected chi connectivity index (χ0v) is 18.7. The highest BCUT2D eigenvalue weighted by Gasteiger charge is 2.40. The van der Waals surface area contributed by atoms with Gasteiger partial charge in [-0.3, -0.25) is 4.79 Å². The first-order valence-electron chi connectivity index (χ1n) is 10.4. The lowest BCUT2D eigenvalue weighted by Crippen LogP contribution is -2.31. The number of carbonyl (C=O) groups excluding carboxylic acids is 1. The number of fused-ring (bicyclic) bond motifs is 1. The Balaban J connectivity index is 1.50. The number of nitrogens with zero attached hydrogens (tertiary/aromatic N) is 3. The number of carbonyl (C=O) groups is 1. The summed E-state index contributed by atoms with van der Waals surface area (Å²) in [6, 6.07) is 17.5. The van der Waals surface area contributed by atoms with Gasteiger partial charge in [-0.15, -0.1) is 0 Å². The first kappa shape index (κ1) is 21.2. The van der Waals surface area contributed by atoms with E-state index in [4.69, 9.17) is 9.73 Å². The van der Waals surface area contributed by atoms with Crippen LogP contribution in [0.1, 0.15) is 29.8 Å². The summed E-state index contributed by atoms with van der Waals surface area (Å²) in [4.78, 5) is 24.3. The third-order valence-corrected chi connectivity index (χ3v) is 6.66. The molecule has 0 bridgehead atoms. The van der Waals surface area contributed by atoms with Crippen LogP contribution in [0.5, 0.6) is 0 Å². The maximum Gasteiger partial charge on any atom is 0.257 e. The van der Waals surface area contributed by atoms with Gasteiger partial charge in [-0.2, -0.15) is 0 Å². The lowest BCUT2D eigenvalue weighted by Gasteiger charge is -2.24. The molecule has 160 valence electrons. The van der Waals surface area contributed by atoms with E-state index in [0.29, 0.717) is 16.6 Å². The molecule has 0 spiro atoms. The van der Waals surface area contributed by atoms with Crippen molar-refractivity contribution in [2.24, 2.45) is 9.98 Å². The van der Waals surface area contributed by atoms with Gasteiger partial charge in [-0.05, 0) is 49.2 Å². The van der Waals surface area contributed by atoms with Gasteiger partial charge < -0.3 is 15.0 Å². The van der Waals surface area contributed by atoms with Gasteiger partial charge in [0.25, 0.3) is 5.91 Å². The summed E-state index contributed by atoms with van der Waals surface area (Å²) < 4.78 is 5.45. The number of amides is 1. The largest absolute Gasteiger partial charge is 0.482 e. The SMILES string of the molecule is CCN(CC)c1ccc(C(=O)NC2=NC3C(OC)=NC=C(c4ccccc4)C3S2)cc1. The number of methoxy groups -OCH3 is 1. The second-order valence-corrected chi connectivity index (χ2v) is 8.34. The van der Waals surface area contributed by atoms with Gasteiger partial charge >= 0.3 is 0 Å². The number of hydrogen-bond acceptors (Lipinski definition) is 6. The van der Waals surface area contributed by atoms with Crippen LogP contribution in [-0.2, 0) is 4.74 Å². The number of rotatable bonds is 5. The minimum Gasteiger partial charge on any atom is -0.482 e. The maximum atomic E-state index is 12.8. The number of ether oxygens (including phenoxy) is 1. The average Bonchev–Trinajstić information content (AvgIpc) is 3.23. The van der Waals surface area contributed by atoms with Crippen molar-refractivity contribution in [1.29, 1.82) is 0 Å². The molecule has 2 unspecified atom stereocenters. The van der Waals surface area contributed by atoms with Crippen molar-refractivity contribution in [2.45, 2.75) is 25.1 Å². The molecule has 2 heterocycles. The van der Waals surface area contributed by atoms with Crippen molar-refractivity contribution in [3.8, 4) is 0 Å². The molecule has 0 saturated heterocycles. The fourth-order valence-corrected chi connectivity index (χ4v) is 4.99. The molecule has 7 heteroatoms. The predicted molar refractivity (Wildman–Crippen MR) is 129 cm³/mol. The molecule has 2 aromatic carbocycles. The van der Waals surface area contributed by atoms with Crippen molar-refractivity contribution < 1.29 is 9.53 Å². The van der Waals surface area contributed by atoms with E-state index < -0.39 is 0 Å². The second-order valence-electron chi connectivity index (χ2n) is 7.21. The molecule has 0 saturated carbocycles. The molecular weight excluding hydrogens is 408 g/mol. The van der Waals surface area contributed by atoms with Crippen LogP contribution < -0.4 is 10.2 Å². The molecule has 2 aliphatic rings. The number of nitrogens with one attached hydrogen (secondary N) is 1. The maximum absolute atomic E-state index is 12.8. The quantitative estimate of drug-likeness (QED) is 0.766. The molecule has 2 aliphatic heterocycles. The first-order chi connectivity index (χ1) is 15.1. The fraction of sp³-hybridized carbons (Fsp3) is 0.292. The summed E-state index contributed by atoms with van der Waals surface area (Å²) >= 11 is 1.54. The van der Waals surface area contributed by atoms with E-state index >= 15 is 0 Å². The van der Waals surface area contributed by atoms with Crippen LogP contribution in [-0.4, -0.2) is 48.5 Å². The lowest BCUT2D eigenvalue weighted by molar-refractivity contribution is 0.0978. The highest BCUT2D eigenvalue weighted by Crippen LogP contribution is 2.39. The minimum atomic E-state index is -0.254. The lowest BCUT2D eigenvalue weighted by atomic mass is 9.97. The topological polar surface area (TPSA) is 66.3 Å². The number of thioether (sulfide) groups is 1. The summed E-state index contributed by atoms with van der Waals surface area (Å²) in [7, 11) is 1.60. The molecule has 31 heavy (non-hydrogen) atoms. The summed E-state index contributed by atoms with van der Waals surface area (Å²) in [5, 5.41) is 3.56. The smallest absolute Gasteiger partial charge is 0.257 e. The van der Waals surface area contributed by atoms with Gasteiger partial charge in [-0.1, -0.05) is 42.1 Å². The molecular formula is C24H26N4O2S. The van der Waals surface area contributed by atoms with Crippen molar-refractivity contribution in [2.75, 3.05) is 25.1 Å². The van der Waals surface area contributed by atoms with Crippen molar-refractivity contribution in [1.82, 2.24) is 5.32 Å². The number of anilines is 1. The highest BCUT2D eigenvalue weighted by molar-refractivity contribution is 8.15. The van der Waals surface area contributed by atoms with Gasteiger partial charge in [0, 0.05) is 30.5 Å². The van der Waals surface area contributed by atoms with Gasteiger partial charge in [0.05, 0.1) is 12.4 Å². The molecule has 0 aliphatic carbocycles. The molecule has 0 aromatic heterocycles. The van der Waals surface area contributed by atoms with Crippen LogP contribution in [0.2, 0.25) is 0 Å². The monoisotopic (exact) mass is 434 g/mol. The van der Waals surface area contributed by atoms with Crippen molar-refractivity contribution >= 4 is 40.0 Å². The Morgan fingerprint density at radius 2 is 1.81 bits per heavy atom. The predicted octanol–water partition coefficient (Wildman–Crippen LogP) is 4.20. The van der Waals surface area contributed by atoms with Gasteiger partial charge in [0.1, 0.15) is 6.04 Å². The Kier molecular flexibility index (Phi) is 6.42. The van der Waals surface area contributed by atoms with Crippen LogP contribution in [0.4, 0.5) is 5.69 Å². The number of hydrogen-bond donors (Lipinski definition) is 1. The molecule has 2 aromatic rings. The second kappa shape index (κ2) is 9.39. The highest BCUT2D eigenvalue weighted by atomic mass is 32.2. The number of aliphatic imine (C=N–C) groups is 2. The summed E-state index contributed by atoms with van der Waals surface area (Å²) in [6.07, 6.45) is 1.84. The molecule has 0 fully saturated rings. The molecule has 1 amide bonds. The Morgan fingerprint density at radius 1 is 1.10 bits per heavy atom. The third kappa shape index (κ3) is 4.37. The van der Waals surface area contributed by atoms with E-state index in [0.717, 1.165) is 29.9 Å². The number of benzene rings is 2. The summed E-state index contributed by atoms with van der Waals surface area (Å²) in [5.74, 6) is 0.391. The molecule has 0 radical (unpaired) electrons. The number of amidine groups is 1. The van der Waals surface area contributed by atoms with Gasteiger partial charge in [0.2, 0.25) is 5.90 Å². The van der Waals surface area contributed by atoms with Crippen LogP contribution in [0.25, 0.3) is 5.57 Å². The van der Waals surface area contributed by atoms with Crippen molar-refractivity contribution in [3.05, 3.63) is 71.9 Å².